The number of carboxylic acid groups (broad SMARTS) is 1. The number of thioether (sulfide) groups is 1. The van der Waals surface area contributed by atoms with E-state index in [-0.39, 0.29) is 11.4 Å². The summed E-state index contributed by atoms with van der Waals surface area (Å²) >= 11 is 1.20. The highest BCUT2D eigenvalue weighted by molar-refractivity contribution is 8.14. The summed E-state index contributed by atoms with van der Waals surface area (Å²) in [7, 11) is 0. The van der Waals surface area contributed by atoms with Crippen molar-refractivity contribution >= 4 is 28.5 Å². The molecule has 8 heteroatoms. The number of aliphatic imine (C=N–C) groups is 1. The van der Waals surface area contributed by atoms with Gasteiger partial charge in [-0.2, -0.15) is 0 Å². The maximum absolute atomic E-state index is 10.7. The predicted molar refractivity (Wildman–Crippen MR) is 65.2 cm³/mol. The molecule has 2 N–H and O–H groups in total. The van der Waals surface area contributed by atoms with Crippen LogP contribution in [0.25, 0.3) is 0 Å². The smallest absolute Gasteiger partial charge is 0.329 e. The lowest BCUT2D eigenvalue weighted by Gasteiger charge is -2.02. The number of nitro benzene ring substituents is 1. The van der Waals surface area contributed by atoms with E-state index in [1.807, 2.05) is 0 Å². The first-order chi connectivity index (χ1) is 8.49. The number of carboxylic acids is 1. The molecule has 0 spiro atoms. The maximum Gasteiger partial charge on any atom is 0.329 e. The van der Waals surface area contributed by atoms with E-state index >= 15 is 0 Å². The highest BCUT2D eigenvalue weighted by Crippen LogP contribution is 2.31. The van der Waals surface area contributed by atoms with Gasteiger partial charge < -0.3 is 10.2 Å². The molecule has 0 amide bonds. The van der Waals surface area contributed by atoms with Crippen molar-refractivity contribution in [3.63, 3.8) is 0 Å². The number of phenols is 1. The van der Waals surface area contributed by atoms with Gasteiger partial charge in [0.15, 0.2) is 6.04 Å². The van der Waals surface area contributed by atoms with Crippen LogP contribution in [0.2, 0.25) is 0 Å². The van der Waals surface area contributed by atoms with E-state index in [9.17, 15) is 20.0 Å². The first-order valence-electron chi connectivity index (χ1n) is 4.90. The number of aromatic hydroxyl groups is 1. The van der Waals surface area contributed by atoms with Gasteiger partial charge in [-0.3, -0.25) is 15.1 Å². The van der Waals surface area contributed by atoms with Crippen LogP contribution in [0, 0.1) is 10.1 Å². The van der Waals surface area contributed by atoms with Gasteiger partial charge in [0.25, 0.3) is 5.69 Å². The zero-order valence-electron chi connectivity index (χ0n) is 8.94. The molecule has 0 bridgehead atoms. The molecule has 1 heterocycles. The summed E-state index contributed by atoms with van der Waals surface area (Å²) in [4.78, 5) is 24.6. The molecule has 94 valence electrons. The van der Waals surface area contributed by atoms with Crippen LogP contribution >= 0.6 is 11.8 Å². The number of aliphatic carboxylic acids is 1. The Morgan fingerprint density at radius 2 is 2.28 bits per heavy atom. The predicted octanol–water partition coefficient (Wildman–Crippen LogP) is 1.25. The number of nitrogens with zero attached hydrogens (tertiary/aromatic N) is 2. The fourth-order valence-electron chi connectivity index (χ4n) is 1.46. The molecule has 1 aromatic carbocycles. The van der Waals surface area contributed by atoms with Crippen LogP contribution in [0.5, 0.6) is 5.75 Å². The Kier molecular flexibility index (Phi) is 3.19. The van der Waals surface area contributed by atoms with Gasteiger partial charge >= 0.3 is 5.97 Å². The largest absolute Gasteiger partial charge is 0.507 e. The van der Waals surface area contributed by atoms with Crippen molar-refractivity contribution in [3.8, 4) is 5.75 Å². The maximum atomic E-state index is 10.7. The fraction of sp³-hybridized carbons (Fsp3) is 0.200. The SMILES string of the molecule is O=C(O)[C@H]1CSC(c2ccc([N+](=O)[O-])cc2O)=N1. The Morgan fingerprint density at radius 1 is 1.56 bits per heavy atom. The Hall–Kier alpha value is -2.09. The van der Waals surface area contributed by atoms with Gasteiger partial charge in [0.2, 0.25) is 0 Å². The van der Waals surface area contributed by atoms with Gasteiger partial charge in [-0.25, -0.2) is 4.79 Å². The van der Waals surface area contributed by atoms with Crippen molar-refractivity contribution in [3.05, 3.63) is 33.9 Å². The van der Waals surface area contributed by atoms with E-state index in [2.05, 4.69) is 4.99 Å². The first-order valence-corrected chi connectivity index (χ1v) is 5.89. The normalized spacial score (nSPS) is 18.4. The molecule has 7 nitrogen and oxygen atoms in total. The van der Waals surface area contributed by atoms with E-state index in [1.165, 1.54) is 23.9 Å². The van der Waals surface area contributed by atoms with E-state index < -0.39 is 16.9 Å². The van der Waals surface area contributed by atoms with Gasteiger partial charge in [-0.1, -0.05) is 0 Å². The average molecular weight is 268 g/mol. The molecular weight excluding hydrogens is 260 g/mol. The number of phenolic OH excluding ortho intramolecular Hbond substituents is 1. The topological polar surface area (TPSA) is 113 Å². The molecule has 1 aliphatic heterocycles. The third kappa shape index (κ3) is 2.28. The van der Waals surface area contributed by atoms with Gasteiger partial charge in [0.05, 0.1) is 11.0 Å². The van der Waals surface area contributed by atoms with Crippen molar-refractivity contribution in [2.75, 3.05) is 5.75 Å². The van der Waals surface area contributed by atoms with E-state index in [4.69, 9.17) is 5.11 Å². The van der Waals surface area contributed by atoms with Crippen LogP contribution < -0.4 is 0 Å². The van der Waals surface area contributed by atoms with Crippen molar-refractivity contribution in [2.24, 2.45) is 4.99 Å². The minimum atomic E-state index is -1.03. The second kappa shape index (κ2) is 4.65. The number of carbonyl (C=O) groups is 1. The lowest BCUT2D eigenvalue weighted by atomic mass is 10.2. The second-order valence-corrected chi connectivity index (χ2v) is 4.57. The lowest BCUT2D eigenvalue weighted by molar-refractivity contribution is -0.384. The van der Waals surface area contributed by atoms with Crippen LogP contribution in [0.15, 0.2) is 23.2 Å². The van der Waals surface area contributed by atoms with Gasteiger partial charge in [0, 0.05) is 17.4 Å². The third-order valence-electron chi connectivity index (χ3n) is 2.36. The Balaban J connectivity index is 2.33. The summed E-state index contributed by atoms with van der Waals surface area (Å²) in [6.45, 7) is 0. The summed E-state index contributed by atoms with van der Waals surface area (Å²) in [6, 6.07) is 2.79. The highest BCUT2D eigenvalue weighted by atomic mass is 32.2. The number of hydrogen-bond acceptors (Lipinski definition) is 6. The molecule has 0 saturated carbocycles. The van der Waals surface area contributed by atoms with Crippen molar-refractivity contribution < 1.29 is 19.9 Å². The number of nitro groups is 1. The third-order valence-corrected chi connectivity index (χ3v) is 3.44. The van der Waals surface area contributed by atoms with Crippen LogP contribution in [0.3, 0.4) is 0 Å². The molecule has 0 unspecified atom stereocenters. The number of hydrogen-bond donors (Lipinski definition) is 2. The van der Waals surface area contributed by atoms with Crippen LogP contribution in [0.1, 0.15) is 5.56 Å². The minimum Gasteiger partial charge on any atom is -0.507 e. The fourth-order valence-corrected chi connectivity index (χ4v) is 2.52. The number of non-ortho nitro benzene ring substituents is 1. The highest BCUT2D eigenvalue weighted by Gasteiger charge is 2.26. The second-order valence-electron chi connectivity index (χ2n) is 3.56. The molecule has 0 aromatic heterocycles. The lowest BCUT2D eigenvalue weighted by Crippen LogP contribution is -2.17. The molecule has 1 atom stereocenters. The monoisotopic (exact) mass is 268 g/mol. The van der Waals surface area contributed by atoms with Gasteiger partial charge in [-0.15, -0.1) is 11.8 Å². The first kappa shape index (κ1) is 12.4. The van der Waals surface area contributed by atoms with Crippen molar-refractivity contribution in [1.29, 1.82) is 0 Å². The average Bonchev–Trinajstić information content (AvgIpc) is 2.78. The molecule has 0 radical (unpaired) electrons. The minimum absolute atomic E-state index is 0.227. The molecule has 18 heavy (non-hydrogen) atoms. The van der Waals surface area contributed by atoms with Gasteiger partial charge in [0.1, 0.15) is 10.8 Å². The van der Waals surface area contributed by atoms with Crippen LogP contribution in [0.4, 0.5) is 5.69 Å². The molecule has 1 aromatic rings. The number of rotatable bonds is 3. The summed E-state index contributed by atoms with van der Waals surface area (Å²) in [6.07, 6.45) is 0. The molecule has 0 fully saturated rings. The Labute approximate surface area is 105 Å². The molecule has 0 saturated heterocycles. The zero-order valence-corrected chi connectivity index (χ0v) is 9.75. The van der Waals surface area contributed by atoms with Crippen LogP contribution in [-0.4, -0.2) is 37.9 Å². The quantitative estimate of drug-likeness (QED) is 0.630. The van der Waals surface area contributed by atoms with E-state index in [1.54, 1.807) is 0 Å². The summed E-state index contributed by atoms with van der Waals surface area (Å²) in [5, 5.41) is 29.4. The van der Waals surface area contributed by atoms with Crippen molar-refractivity contribution in [1.82, 2.24) is 0 Å². The van der Waals surface area contributed by atoms with Gasteiger partial charge in [-0.05, 0) is 6.07 Å². The Bertz CT molecular complexity index is 557. The molecule has 2 rings (SSSR count). The van der Waals surface area contributed by atoms with Crippen LogP contribution in [-0.2, 0) is 4.79 Å². The number of benzene rings is 1. The van der Waals surface area contributed by atoms with Crippen molar-refractivity contribution in [2.45, 2.75) is 6.04 Å². The zero-order chi connectivity index (χ0) is 13.3. The summed E-state index contributed by atoms with van der Waals surface area (Å²) in [5.41, 5.74) is 0.0870. The Morgan fingerprint density at radius 3 is 2.78 bits per heavy atom. The molecule has 0 aliphatic carbocycles. The molecular formula is C10H8N2O5S. The summed E-state index contributed by atoms with van der Waals surface area (Å²) < 4.78 is 0. The molecule has 1 aliphatic rings. The van der Waals surface area contributed by atoms with E-state index in [0.717, 1.165) is 6.07 Å². The van der Waals surface area contributed by atoms with E-state index in [0.29, 0.717) is 16.4 Å². The summed E-state index contributed by atoms with van der Waals surface area (Å²) in [5.74, 6) is -1.01. The standard InChI is InChI=1S/C10H8N2O5S/c13-8-3-5(12(16)17)1-2-6(8)9-11-7(4-18-9)10(14)15/h1-3,7,13H,4H2,(H,14,15)/t7-/m1/s1.